The van der Waals surface area contributed by atoms with Crippen molar-refractivity contribution < 1.29 is 13.2 Å². The van der Waals surface area contributed by atoms with Crippen molar-refractivity contribution in [2.45, 2.75) is 40.2 Å². The Hall–Kier alpha value is -3.26. The van der Waals surface area contributed by atoms with E-state index in [1.165, 1.54) is 0 Å². The molecule has 13 heteroatoms. The number of pyridine rings is 1. The average molecular weight is 658 g/mol. The summed E-state index contributed by atoms with van der Waals surface area (Å²) in [5.74, 6) is 0.715. The molecule has 1 amide bonds. The van der Waals surface area contributed by atoms with E-state index in [4.69, 9.17) is 4.98 Å². The topological polar surface area (TPSA) is 128 Å². The highest BCUT2D eigenvalue weighted by Gasteiger charge is 2.31. The third kappa shape index (κ3) is 5.96. The largest absolute Gasteiger partial charge is 0.378 e. The first kappa shape index (κ1) is 30.2. The number of carbonyl (C=O) groups is 1. The van der Waals surface area contributed by atoms with Crippen molar-refractivity contribution in [2.24, 2.45) is 0 Å². The fraction of sp³-hybridized carbons (Fsp3) is 0.414. The molecule has 0 radical (unpaired) electrons. The second-order valence-corrected chi connectivity index (χ2v) is 14.2. The number of nitrogens with zero attached hydrogens (tertiary/aromatic N) is 5. The molecular weight excluding hydrogens is 620 g/mol. The second kappa shape index (κ2) is 11.8. The van der Waals surface area contributed by atoms with Crippen LogP contribution in [0.15, 0.2) is 34.9 Å². The predicted molar refractivity (Wildman–Crippen MR) is 171 cm³/mol. The van der Waals surface area contributed by atoms with Gasteiger partial charge in [0, 0.05) is 48.0 Å². The van der Waals surface area contributed by atoms with E-state index in [0.29, 0.717) is 37.5 Å². The molecule has 1 aromatic carbocycles. The van der Waals surface area contributed by atoms with Crippen molar-refractivity contribution in [1.29, 1.82) is 0 Å². The van der Waals surface area contributed by atoms with Crippen LogP contribution in [0, 0.1) is 20.8 Å². The summed E-state index contributed by atoms with van der Waals surface area (Å²) in [5.41, 5.74) is 7.89. The van der Waals surface area contributed by atoms with Crippen LogP contribution in [-0.2, 0) is 14.8 Å². The molecule has 0 unspecified atom stereocenters. The van der Waals surface area contributed by atoms with E-state index in [1.54, 1.807) is 17.4 Å². The summed E-state index contributed by atoms with van der Waals surface area (Å²) in [4.78, 5) is 27.1. The summed E-state index contributed by atoms with van der Waals surface area (Å²) in [6, 6.07) is 7.99. The number of fused-ring (bicyclic) bond motifs is 1. The molecule has 4 heterocycles. The molecule has 11 nitrogen and oxygen atoms in total. The van der Waals surface area contributed by atoms with Gasteiger partial charge in [-0.1, -0.05) is 6.07 Å². The van der Waals surface area contributed by atoms with Gasteiger partial charge < -0.3 is 25.1 Å². The third-order valence-electron chi connectivity index (χ3n) is 7.61. The smallest absolute Gasteiger partial charge is 0.238 e. The molecule has 5 rings (SSSR count). The summed E-state index contributed by atoms with van der Waals surface area (Å²) < 4.78 is 29.2. The highest BCUT2D eigenvalue weighted by atomic mass is 79.9. The summed E-state index contributed by atoms with van der Waals surface area (Å²) in [7, 11) is 0.496. The summed E-state index contributed by atoms with van der Waals surface area (Å²) in [5, 5.41) is 6.53. The molecule has 1 aliphatic heterocycles. The van der Waals surface area contributed by atoms with Gasteiger partial charge in [0.25, 0.3) is 0 Å². The van der Waals surface area contributed by atoms with E-state index in [-0.39, 0.29) is 17.7 Å². The van der Waals surface area contributed by atoms with Crippen molar-refractivity contribution >= 4 is 54.4 Å². The lowest BCUT2D eigenvalue weighted by Gasteiger charge is -2.17. The quantitative estimate of drug-likeness (QED) is 0.243. The molecule has 224 valence electrons. The monoisotopic (exact) mass is 656 g/mol. The number of rotatable bonds is 9. The van der Waals surface area contributed by atoms with Crippen molar-refractivity contribution in [1.82, 2.24) is 28.7 Å². The molecule has 1 saturated heterocycles. The Morgan fingerprint density at radius 2 is 1.98 bits per heavy atom. The highest BCUT2D eigenvalue weighted by molar-refractivity contribution is 9.10. The van der Waals surface area contributed by atoms with E-state index in [0.717, 1.165) is 49.6 Å². The van der Waals surface area contributed by atoms with Gasteiger partial charge in [0.1, 0.15) is 11.3 Å². The van der Waals surface area contributed by atoms with E-state index >= 15 is 0 Å². The van der Waals surface area contributed by atoms with Gasteiger partial charge in [0.05, 0.1) is 28.1 Å². The number of sulfonamides is 1. The minimum atomic E-state index is -3.23. The predicted octanol–water partition coefficient (Wildman–Crippen LogP) is 4.44. The third-order valence-corrected chi connectivity index (χ3v) is 10.1. The Kier molecular flexibility index (Phi) is 8.48. The lowest BCUT2D eigenvalue weighted by molar-refractivity contribution is -0.116. The number of hydrogen-bond acceptors (Lipinski definition) is 7. The Bertz CT molecular complexity index is 1760. The van der Waals surface area contributed by atoms with Crippen LogP contribution in [0.2, 0.25) is 0 Å². The van der Waals surface area contributed by atoms with Crippen LogP contribution in [0.1, 0.15) is 30.3 Å². The molecule has 0 bridgehead atoms. The Morgan fingerprint density at radius 1 is 1.21 bits per heavy atom. The van der Waals surface area contributed by atoms with Crippen molar-refractivity contribution in [2.75, 3.05) is 50.1 Å². The first-order valence-electron chi connectivity index (χ1n) is 13.9. The maximum absolute atomic E-state index is 12.4. The number of anilines is 2. The summed E-state index contributed by atoms with van der Waals surface area (Å²) in [6.07, 6.45) is 2.43. The number of nitrogens with one attached hydrogen (secondary N) is 3. The Morgan fingerprint density at radius 3 is 2.69 bits per heavy atom. The minimum absolute atomic E-state index is 0.0292. The number of likely N-dealkylation sites (N-methyl/N-ethyl adjacent to an activating group) is 1. The molecule has 3 aromatic heterocycles. The van der Waals surface area contributed by atoms with Gasteiger partial charge >= 0.3 is 0 Å². The maximum atomic E-state index is 12.4. The van der Waals surface area contributed by atoms with Crippen LogP contribution >= 0.6 is 15.9 Å². The number of aryl methyl sites for hydroxylation is 2. The number of carbonyl (C=O) groups excluding carboxylic acids is 1. The zero-order chi connectivity index (χ0) is 30.3. The fourth-order valence-electron chi connectivity index (χ4n) is 5.48. The molecule has 0 saturated carbocycles. The SMILES string of the molecule is CCS(=O)(=O)N1CC[C@H](Nc2c(Br)cnc3nc(-c4cc(C)n(-c5cc(NC(=O)CN(C)C)ccc5C)c4C)[nH]c23)C1. The lowest BCUT2D eigenvalue weighted by Crippen LogP contribution is -2.32. The zero-order valence-corrected chi connectivity index (χ0v) is 27.1. The van der Waals surface area contributed by atoms with Gasteiger partial charge in [-0.2, -0.15) is 4.31 Å². The summed E-state index contributed by atoms with van der Waals surface area (Å²) in [6.45, 7) is 9.05. The number of H-pyrrole nitrogens is 1. The normalized spacial score (nSPS) is 16.0. The van der Waals surface area contributed by atoms with Crippen LogP contribution in [0.25, 0.3) is 28.2 Å². The minimum Gasteiger partial charge on any atom is -0.378 e. The number of halogens is 1. The lowest BCUT2D eigenvalue weighted by atomic mass is 10.1. The van der Waals surface area contributed by atoms with E-state index in [1.807, 2.05) is 44.1 Å². The van der Waals surface area contributed by atoms with E-state index in [2.05, 4.69) is 61.0 Å². The van der Waals surface area contributed by atoms with Crippen LogP contribution in [0.5, 0.6) is 0 Å². The maximum Gasteiger partial charge on any atom is 0.238 e. The fourth-order valence-corrected chi connectivity index (χ4v) is 7.05. The Labute approximate surface area is 254 Å². The molecule has 0 spiro atoms. The van der Waals surface area contributed by atoms with Gasteiger partial charge in [0.2, 0.25) is 15.9 Å². The van der Waals surface area contributed by atoms with E-state index < -0.39 is 10.0 Å². The molecule has 0 aliphatic carbocycles. The van der Waals surface area contributed by atoms with E-state index in [9.17, 15) is 13.2 Å². The van der Waals surface area contributed by atoms with Gasteiger partial charge in [-0.3, -0.25) is 4.79 Å². The number of aromatic amines is 1. The van der Waals surface area contributed by atoms with Gasteiger partial charge in [-0.15, -0.1) is 0 Å². The number of hydrogen-bond donors (Lipinski definition) is 3. The van der Waals surface area contributed by atoms with Crippen molar-refractivity contribution in [3.63, 3.8) is 0 Å². The Balaban J connectivity index is 1.47. The number of imidazole rings is 1. The summed E-state index contributed by atoms with van der Waals surface area (Å²) >= 11 is 3.62. The van der Waals surface area contributed by atoms with Crippen LogP contribution in [-0.4, -0.2) is 88.6 Å². The number of amides is 1. The van der Waals surface area contributed by atoms with Crippen molar-refractivity contribution in [3.8, 4) is 17.1 Å². The van der Waals surface area contributed by atoms with Crippen LogP contribution in [0.3, 0.4) is 0 Å². The highest BCUT2D eigenvalue weighted by Crippen LogP contribution is 2.35. The zero-order valence-electron chi connectivity index (χ0n) is 24.7. The van der Waals surface area contributed by atoms with Crippen LogP contribution in [0.4, 0.5) is 11.4 Å². The number of aromatic nitrogens is 4. The second-order valence-electron chi connectivity index (χ2n) is 11.1. The van der Waals surface area contributed by atoms with Gasteiger partial charge in [-0.05, 0) is 87.9 Å². The number of benzene rings is 1. The van der Waals surface area contributed by atoms with Crippen LogP contribution < -0.4 is 10.6 Å². The average Bonchev–Trinajstić information content (AvgIpc) is 3.64. The molecule has 1 aliphatic rings. The molecular formula is C29H37BrN8O3S. The van der Waals surface area contributed by atoms with Crippen molar-refractivity contribution in [3.05, 3.63) is 51.9 Å². The molecule has 42 heavy (non-hydrogen) atoms. The molecule has 1 fully saturated rings. The molecule has 1 atom stereocenters. The standard InChI is InChI=1S/C29H37BrN8O3S/c1-7-42(40,41)37-11-10-21(15-37)33-26-23(30)14-31-29-27(26)34-28(35-29)22-12-18(3)38(19(22)4)24-13-20(9-8-17(24)2)32-25(39)16-36(5)6/h8-9,12-14,21H,7,10-11,15-16H2,1-6H3,(H,32,39)(H2,31,33,34,35)/t21-/m0/s1. The van der Waals surface area contributed by atoms with Gasteiger partial charge in [-0.25, -0.2) is 18.4 Å². The first-order chi connectivity index (χ1) is 19.9. The molecule has 3 N–H and O–H groups in total. The molecule has 4 aromatic rings. The first-order valence-corrected chi connectivity index (χ1v) is 16.3. The van der Waals surface area contributed by atoms with Gasteiger partial charge in [0.15, 0.2) is 5.65 Å².